The highest BCUT2D eigenvalue weighted by Gasteiger charge is 2.32. The summed E-state index contributed by atoms with van der Waals surface area (Å²) in [6.07, 6.45) is 0. The molecule has 0 aromatic heterocycles. The van der Waals surface area contributed by atoms with Crippen molar-refractivity contribution in [2.45, 2.75) is 30.7 Å². The van der Waals surface area contributed by atoms with Crippen LogP contribution in [0.3, 0.4) is 0 Å². The average Bonchev–Trinajstić information content (AvgIpc) is 2.41. The van der Waals surface area contributed by atoms with Gasteiger partial charge in [0.2, 0.25) is 10.0 Å². The van der Waals surface area contributed by atoms with Crippen LogP contribution in [0, 0.1) is 6.92 Å². The maximum absolute atomic E-state index is 12.9. The molecule has 1 heterocycles. The molecule has 1 atom stereocenters. The second-order valence-electron chi connectivity index (χ2n) is 4.86. The van der Waals surface area contributed by atoms with Crippen molar-refractivity contribution in [3.05, 3.63) is 28.3 Å². The van der Waals surface area contributed by atoms with Gasteiger partial charge in [-0.3, -0.25) is 0 Å². The Hall–Kier alpha value is 0.0600. The third kappa shape index (κ3) is 3.12. The zero-order valence-electron chi connectivity index (χ0n) is 11.4. The van der Waals surface area contributed by atoms with Gasteiger partial charge in [0.25, 0.3) is 0 Å². The number of rotatable bonds is 3. The van der Waals surface area contributed by atoms with Gasteiger partial charge in [0.15, 0.2) is 0 Å². The van der Waals surface area contributed by atoms with Crippen LogP contribution in [0.5, 0.6) is 0 Å². The lowest BCUT2D eigenvalue weighted by molar-refractivity contribution is 0.367. The van der Waals surface area contributed by atoms with E-state index in [1.165, 1.54) is 6.07 Å². The van der Waals surface area contributed by atoms with Gasteiger partial charge in [0.1, 0.15) is 0 Å². The SMILES string of the molecule is Cc1c(CCl)cc(Cl)cc1S(=O)(=O)N1CCSCC1C. The molecular formula is C13H17Cl2NO2S2. The molecule has 0 amide bonds. The highest BCUT2D eigenvalue weighted by atomic mass is 35.5. The lowest BCUT2D eigenvalue weighted by Crippen LogP contribution is -2.44. The fourth-order valence-electron chi connectivity index (χ4n) is 2.31. The molecule has 3 nitrogen and oxygen atoms in total. The summed E-state index contributed by atoms with van der Waals surface area (Å²) in [5, 5.41) is 0.406. The fourth-order valence-corrected chi connectivity index (χ4v) is 6.04. The minimum Gasteiger partial charge on any atom is -0.207 e. The lowest BCUT2D eigenvalue weighted by Gasteiger charge is -2.32. The van der Waals surface area contributed by atoms with Gasteiger partial charge >= 0.3 is 0 Å². The Morgan fingerprint density at radius 1 is 1.45 bits per heavy atom. The van der Waals surface area contributed by atoms with E-state index >= 15 is 0 Å². The van der Waals surface area contributed by atoms with Crippen LogP contribution >= 0.6 is 35.0 Å². The van der Waals surface area contributed by atoms with Crippen LogP contribution in [0.2, 0.25) is 5.02 Å². The van der Waals surface area contributed by atoms with Crippen molar-refractivity contribution in [1.29, 1.82) is 0 Å². The molecule has 7 heteroatoms. The molecular weight excluding hydrogens is 337 g/mol. The molecule has 2 rings (SSSR count). The molecule has 0 N–H and O–H groups in total. The molecule has 1 aliphatic rings. The summed E-state index contributed by atoms with van der Waals surface area (Å²) in [6, 6.07) is 3.24. The van der Waals surface area contributed by atoms with E-state index in [1.54, 1.807) is 29.1 Å². The van der Waals surface area contributed by atoms with Crippen molar-refractivity contribution < 1.29 is 8.42 Å². The Kier molecular flexibility index (Phi) is 5.29. The Morgan fingerprint density at radius 3 is 2.75 bits per heavy atom. The summed E-state index contributed by atoms with van der Waals surface area (Å²) < 4.78 is 27.3. The van der Waals surface area contributed by atoms with Crippen LogP contribution in [0.25, 0.3) is 0 Å². The summed E-state index contributed by atoms with van der Waals surface area (Å²) in [5.41, 5.74) is 1.45. The van der Waals surface area contributed by atoms with Gasteiger partial charge in [-0.05, 0) is 37.1 Å². The first-order valence-electron chi connectivity index (χ1n) is 6.32. The molecule has 0 saturated carbocycles. The number of thioether (sulfide) groups is 1. The number of benzene rings is 1. The van der Waals surface area contributed by atoms with Crippen LogP contribution in [0.1, 0.15) is 18.1 Å². The third-order valence-electron chi connectivity index (χ3n) is 3.47. The molecule has 1 unspecified atom stereocenters. The Balaban J connectivity index is 2.51. The standard InChI is InChI=1S/C13H17Cl2NO2S2/c1-9-8-19-4-3-16(9)20(17,18)13-6-12(15)5-11(7-14)10(13)2/h5-6,9H,3-4,7-8H2,1-2H3. The van der Waals surface area contributed by atoms with E-state index in [0.29, 0.717) is 17.1 Å². The molecule has 0 aliphatic carbocycles. The van der Waals surface area contributed by atoms with Crippen molar-refractivity contribution in [3.8, 4) is 0 Å². The average molecular weight is 354 g/mol. The second-order valence-corrected chi connectivity index (χ2v) is 8.57. The lowest BCUT2D eigenvalue weighted by atomic mass is 10.1. The van der Waals surface area contributed by atoms with E-state index in [2.05, 4.69) is 0 Å². The zero-order valence-corrected chi connectivity index (χ0v) is 14.5. The van der Waals surface area contributed by atoms with Crippen LogP contribution in [-0.4, -0.2) is 36.8 Å². The Morgan fingerprint density at radius 2 is 2.15 bits per heavy atom. The minimum absolute atomic E-state index is 0.00316. The van der Waals surface area contributed by atoms with Crippen molar-refractivity contribution in [3.63, 3.8) is 0 Å². The maximum atomic E-state index is 12.9. The highest BCUT2D eigenvalue weighted by molar-refractivity contribution is 7.99. The van der Waals surface area contributed by atoms with Gasteiger partial charge in [-0.1, -0.05) is 11.6 Å². The van der Waals surface area contributed by atoms with Gasteiger partial charge in [-0.15, -0.1) is 11.6 Å². The molecule has 0 bridgehead atoms. The molecule has 1 aromatic carbocycles. The first-order valence-corrected chi connectivity index (χ1v) is 9.83. The number of alkyl halides is 1. The molecule has 1 fully saturated rings. The van der Waals surface area contributed by atoms with Gasteiger partial charge in [0.05, 0.1) is 4.90 Å². The summed E-state index contributed by atoms with van der Waals surface area (Å²) in [7, 11) is -3.52. The Labute approximate surface area is 134 Å². The summed E-state index contributed by atoms with van der Waals surface area (Å²) in [6.45, 7) is 4.26. The first kappa shape index (κ1) is 16.4. The van der Waals surface area contributed by atoms with E-state index in [4.69, 9.17) is 23.2 Å². The molecule has 0 spiro atoms. The predicted octanol–water partition coefficient (Wildman–Crippen LogP) is 3.51. The number of nitrogens with zero attached hydrogens (tertiary/aromatic N) is 1. The molecule has 1 aliphatic heterocycles. The predicted molar refractivity (Wildman–Crippen MR) is 86.4 cm³/mol. The van der Waals surface area contributed by atoms with Crippen LogP contribution in [-0.2, 0) is 15.9 Å². The quantitative estimate of drug-likeness (QED) is 0.780. The molecule has 112 valence electrons. The van der Waals surface area contributed by atoms with Gasteiger partial charge < -0.3 is 0 Å². The van der Waals surface area contributed by atoms with Crippen molar-refractivity contribution in [2.75, 3.05) is 18.1 Å². The number of sulfonamides is 1. The summed E-state index contributed by atoms with van der Waals surface area (Å²) >= 11 is 13.7. The monoisotopic (exact) mass is 353 g/mol. The van der Waals surface area contributed by atoms with Crippen molar-refractivity contribution >= 4 is 45.0 Å². The van der Waals surface area contributed by atoms with Crippen LogP contribution < -0.4 is 0 Å². The number of hydrogen-bond acceptors (Lipinski definition) is 3. The maximum Gasteiger partial charge on any atom is 0.243 e. The van der Waals surface area contributed by atoms with E-state index in [1.807, 2.05) is 6.92 Å². The van der Waals surface area contributed by atoms with E-state index in [0.717, 1.165) is 17.1 Å². The largest absolute Gasteiger partial charge is 0.243 e. The van der Waals surface area contributed by atoms with E-state index < -0.39 is 10.0 Å². The smallest absolute Gasteiger partial charge is 0.207 e. The van der Waals surface area contributed by atoms with Crippen LogP contribution in [0.4, 0.5) is 0 Å². The van der Waals surface area contributed by atoms with E-state index in [9.17, 15) is 8.42 Å². The number of halogens is 2. The van der Waals surface area contributed by atoms with Gasteiger partial charge in [-0.25, -0.2) is 8.42 Å². The van der Waals surface area contributed by atoms with Gasteiger partial charge in [0, 0.05) is 35.0 Å². The first-order chi connectivity index (χ1) is 9.37. The highest BCUT2D eigenvalue weighted by Crippen LogP contribution is 2.30. The normalized spacial score (nSPS) is 21.1. The number of hydrogen-bond donors (Lipinski definition) is 0. The molecule has 1 aromatic rings. The third-order valence-corrected chi connectivity index (χ3v) is 7.30. The molecule has 20 heavy (non-hydrogen) atoms. The van der Waals surface area contributed by atoms with Crippen molar-refractivity contribution in [2.24, 2.45) is 0 Å². The summed E-state index contributed by atoms with van der Waals surface area (Å²) in [5.74, 6) is 1.90. The van der Waals surface area contributed by atoms with Gasteiger partial charge in [-0.2, -0.15) is 16.1 Å². The van der Waals surface area contributed by atoms with Crippen LogP contribution in [0.15, 0.2) is 17.0 Å². The minimum atomic E-state index is -3.52. The zero-order chi connectivity index (χ0) is 14.9. The topological polar surface area (TPSA) is 37.4 Å². The molecule has 0 radical (unpaired) electrons. The molecule has 1 saturated heterocycles. The second kappa shape index (κ2) is 6.44. The van der Waals surface area contributed by atoms with E-state index in [-0.39, 0.29) is 16.8 Å². The summed E-state index contributed by atoms with van der Waals surface area (Å²) in [4.78, 5) is 0.277. The van der Waals surface area contributed by atoms with Crippen molar-refractivity contribution in [1.82, 2.24) is 4.31 Å². The fraction of sp³-hybridized carbons (Fsp3) is 0.538. The Bertz CT molecular complexity index is 605.